The van der Waals surface area contributed by atoms with Crippen LogP contribution in [0, 0.1) is 5.92 Å². The molecule has 0 amide bonds. The zero-order chi connectivity index (χ0) is 7.44. The first-order chi connectivity index (χ1) is 4.09. The second kappa shape index (κ2) is 3.79. The second-order valence-electron chi connectivity index (χ2n) is 1.90. The normalized spacial score (nSPS) is 12.0. The average molecular weight is 136 g/mol. The van der Waals surface area contributed by atoms with Gasteiger partial charge in [-0.05, 0) is 6.42 Å². The summed E-state index contributed by atoms with van der Waals surface area (Å²) in [6.45, 7) is 1.64. The van der Waals surface area contributed by atoms with Crippen LogP contribution in [-0.2, 0) is 0 Å². The van der Waals surface area contributed by atoms with E-state index in [4.69, 9.17) is 20.4 Å². The van der Waals surface area contributed by atoms with E-state index in [1.54, 1.807) is 6.92 Å². The smallest absolute Gasteiger partial charge is 0.159 e. The Morgan fingerprint density at radius 3 is 1.33 bits per heavy atom. The molecule has 0 rings (SSSR count). The largest absolute Gasteiger partial charge is 0.368 e. The van der Waals surface area contributed by atoms with Gasteiger partial charge >= 0.3 is 0 Å². The van der Waals surface area contributed by atoms with Crippen molar-refractivity contribution in [3.63, 3.8) is 0 Å². The lowest BCUT2D eigenvalue weighted by atomic mass is 10.1. The van der Waals surface area contributed by atoms with E-state index >= 15 is 0 Å². The van der Waals surface area contributed by atoms with Gasteiger partial charge < -0.3 is 20.4 Å². The summed E-state index contributed by atoms with van der Waals surface area (Å²) >= 11 is 0. The van der Waals surface area contributed by atoms with Crippen molar-refractivity contribution in [2.24, 2.45) is 5.92 Å². The van der Waals surface area contributed by atoms with Crippen molar-refractivity contribution in [3.8, 4) is 0 Å². The molecular formula is C5H12O4. The molecule has 0 heterocycles. The van der Waals surface area contributed by atoms with Crippen molar-refractivity contribution in [1.29, 1.82) is 0 Å². The number of hydrogen-bond donors (Lipinski definition) is 4. The summed E-state index contributed by atoms with van der Waals surface area (Å²) in [4.78, 5) is 0. The summed E-state index contributed by atoms with van der Waals surface area (Å²) < 4.78 is 0. The molecule has 9 heavy (non-hydrogen) atoms. The van der Waals surface area contributed by atoms with Crippen LogP contribution in [0.2, 0.25) is 0 Å². The molecule has 56 valence electrons. The quantitative estimate of drug-likeness (QED) is 0.361. The van der Waals surface area contributed by atoms with Crippen molar-refractivity contribution in [2.45, 2.75) is 25.9 Å². The standard InChI is InChI=1S/C5H12O4/c1-2-3(4(6)7)5(8)9/h3-9H,2H2,1H3. The Bertz CT molecular complexity index is 63.4. The Balaban J connectivity index is 3.68. The van der Waals surface area contributed by atoms with Crippen molar-refractivity contribution in [1.82, 2.24) is 0 Å². The van der Waals surface area contributed by atoms with E-state index in [1.807, 2.05) is 0 Å². The molecule has 0 aromatic carbocycles. The minimum Gasteiger partial charge on any atom is -0.368 e. The predicted molar refractivity (Wildman–Crippen MR) is 30.2 cm³/mol. The van der Waals surface area contributed by atoms with E-state index in [9.17, 15) is 0 Å². The van der Waals surface area contributed by atoms with Gasteiger partial charge in [-0.1, -0.05) is 6.92 Å². The van der Waals surface area contributed by atoms with Gasteiger partial charge in [0.25, 0.3) is 0 Å². The monoisotopic (exact) mass is 136 g/mol. The van der Waals surface area contributed by atoms with Crippen LogP contribution in [-0.4, -0.2) is 33.0 Å². The molecule has 0 atom stereocenters. The molecular weight excluding hydrogens is 124 g/mol. The lowest BCUT2D eigenvalue weighted by Crippen LogP contribution is -2.30. The van der Waals surface area contributed by atoms with Gasteiger partial charge in [-0.15, -0.1) is 0 Å². The van der Waals surface area contributed by atoms with Crippen molar-refractivity contribution >= 4 is 0 Å². The number of hydrogen-bond acceptors (Lipinski definition) is 4. The molecule has 0 unspecified atom stereocenters. The molecule has 0 aromatic rings. The summed E-state index contributed by atoms with van der Waals surface area (Å²) in [7, 11) is 0. The zero-order valence-corrected chi connectivity index (χ0v) is 5.23. The molecule has 0 spiro atoms. The second-order valence-corrected chi connectivity index (χ2v) is 1.90. The Labute approximate surface area is 53.4 Å². The first-order valence-electron chi connectivity index (χ1n) is 2.81. The predicted octanol–water partition coefficient (Wildman–Crippen LogP) is -1.37. The van der Waals surface area contributed by atoms with E-state index in [1.165, 1.54) is 0 Å². The van der Waals surface area contributed by atoms with E-state index < -0.39 is 18.5 Å². The maximum Gasteiger partial charge on any atom is 0.159 e. The van der Waals surface area contributed by atoms with Crippen molar-refractivity contribution < 1.29 is 20.4 Å². The van der Waals surface area contributed by atoms with Gasteiger partial charge in [0.1, 0.15) is 0 Å². The Morgan fingerprint density at radius 2 is 1.33 bits per heavy atom. The van der Waals surface area contributed by atoms with Crippen LogP contribution < -0.4 is 0 Å². The van der Waals surface area contributed by atoms with Crippen LogP contribution in [0.1, 0.15) is 13.3 Å². The van der Waals surface area contributed by atoms with Gasteiger partial charge in [-0.25, -0.2) is 0 Å². The van der Waals surface area contributed by atoms with Gasteiger partial charge in [-0.3, -0.25) is 0 Å². The Hall–Kier alpha value is -0.160. The maximum atomic E-state index is 8.42. The molecule has 4 heteroatoms. The van der Waals surface area contributed by atoms with Crippen LogP contribution in [0.5, 0.6) is 0 Å². The van der Waals surface area contributed by atoms with Gasteiger partial charge in [-0.2, -0.15) is 0 Å². The van der Waals surface area contributed by atoms with Gasteiger partial charge in [0.15, 0.2) is 12.6 Å². The highest BCUT2D eigenvalue weighted by atomic mass is 16.5. The molecule has 0 aromatic heterocycles. The Morgan fingerprint density at radius 1 is 1.00 bits per heavy atom. The first-order valence-corrected chi connectivity index (χ1v) is 2.81. The summed E-state index contributed by atoms with van der Waals surface area (Å²) in [5, 5.41) is 33.7. The Kier molecular flexibility index (Phi) is 3.72. The van der Waals surface area contributed by atoms with Gasteiger partial charge in [0.2, 0.25) is 0 Å². The highest BCUT2D eigenvalue weighted by Gasteiger charge is 2.20. The highest BCUT2D eigenvalue weighted by Crippen LogP contribution is 2.09. The zero-order valence-electron chi connectivity index (χ0n) is 5.23. The van der Waals surface area contributed by atoms with Crippen LogP contribution in [0.25, 0.3) is 0 Å². The average Bonchev–Trinajstić information content (AvgIpc) is 1.64. The molecule has 4 N–H and O–H groups in total. The summed E-state index contributed by atoms with van der Waals surface area (Å²) in [6, 6.07) is 0. The molecule has 0 bridgehead atoms. The molecule has 0 aliphatic heterocycles. The number of rotatable bonds is 3. The fraction of sp³-hybridized carbons (Fsp3) is 1.00. The molecule has 0 fully saturated rings. The highest BCUT2D eigenvalue weighted by molar-refractivity contribution is 4.58. The SMILES string of the molecule is CCC(C(O)O)C(O)O. The summed E-state index contributed by atoms with van der Waals surface area (Å²) in [5.41, 5.74) is 0. The number of aliphatic hydroxyl groups excluding tert-OH is 2. The molecule has 4 nitrogen and oxygen atoms in total. The van der Waals surface area contributed by atoms with Crippen molar-refractivity contribution in [3.05, 3.63) is 0 Å². The van der Waals surface area contributed by atoms with Crippen LogP contribution in [0.3, 0.4) is 0 Å². The van der Waals surface area contributed by atoms with E-state index in [2.05, 4.69) is 0 Å². The van der Waals surface area contributed by atoms with Crippen molar-refractivity contribution in [2.75, 3.05) is 0 Å². The fourth-order valence-corrected chi connectivity index (χ4v) is 0.576. The minimum atomic E-state index is -1.64. The van der Waals surface area contributed by atoms with Gasteiger partial charge in [0.05, 0.1) is 5.92 Å². The molecule has 0 saturated carbocycles. The van der Waals surface area contributed by atoms with E-state index in [0.29, 0.717) is 6.42 Å². The molecule has 0 radical (unpaired) electrons. The van der Waals surface area contributed by atoms with Crippen LogP contribution in [0.4, 0.5) is 0 Å². The third kappa shape index (κ3) is 2.76. The lowest BCUT2D eigenvalue weighted by Gasteiger charge is -2.17. The van der Waals surface area contributed by atoms with Crippen LogP contribution >= 0.6 is 0 Å². The van der Waals surface area contributed by atoms with E-state index in [-0.39, 0.29) is 0 Å². The summed E-state index contributed by atoms with van der Waals surface area (Å²) in [5.74, 6) is -0.856. The third-order valence-corrected chi connectivity index (χ3v) is 1.24. The molecule has 0 aliphatic rings. The molecule has 0 aliphatic carbocycles. The number of aliphatic hydroxyl groups is 4. The topological polar surface area (TPSA) is 80.9 Å². The minimum absolute atomic E-state index is 0.329. The molecule has 0 saturated heterocycles. The lowest BCUT2D eigenvalue weighted by molar-refractivity contribution is -0.178. The first kappa shape index (κ1) is 8.84. The van der Waals surface area contributed by atoms with Crippen LogP contribution in [0.15, 0.2) is 0 Å². The fourth-order valence-electron chi connectivity index (χ4n) is 0.576. The van der Waals surface area contributed by atoms with Gasteiger partial charge in [0, 0.05) is 0 Å². The van der Waals surface area contributed by atoms with E-state index in [0.717, 1.165) is 0 Å². The third-order valence-electron chi connectivity index (χ3n) is 1.24. The summed E-state index contributed by atoms with van der Waals surface area (Å²) in [6.07, 6.45) is -2.96. The maximum absolute atomic E-state index is 8.42.